The van der Waals surface area contributed by atoms with Crippen molar-refractivity contribution in [2.45, 2.75) is 25.8 Å². The van der Waals surface area contributed by atoms with Crippen LogP contribution in [0.2, 0.25) is 0 Å². The van der Waals surface area contributed by atoms with Crippen LogP contribution in [0.3, 0.4) is 0 Å². The van der Waals surface area contributed by atoms with E-state index in [1.807, 2.05) is 6.07 Å². The van der Waals surface area contributed by atoms with Crippen LogP contribution in [-0.4, -0.2) is 12.6 Å². The summed E-state index contributed by atoms with van der Waals surface area (Å²) in [5.74, 6) is 2.71. The summed E-state index contributed by atoms with van der Waals surface area (Å²) in [6, 6.07) is 8.74. The van der Waals surface area contributed by atoms with E-state index in [2.05, 4.69) is 52.3 Å². The monoisotopic (exact) mass is 265 g/mol. The second kappa shape index (κ2) is 6.66. The number of benzene rings is 1. The maximum absolute atomic E-state index is 5.34. The van der Waals surface area contributed by atoms with Crippen LogP contribution in [0.25, 0.3) is 0 Å². The number of nitrogens with one attached hydrogen (secondary N) is 1. The Balaban J connectivity index is 2.61. The van der Waals surface area contributed by atoms with Crippen LogP contribution in [-0.2, 0) is 6.42 Å². The van der Waals surface area contributed by atoms with Crippen molar-refractivity contribution in [3.05, 3.63) is 34.3 Å². The van der Waals surface area contributed by atoms with Crippen LogP contribution in [0, 0.1) is 12.3 Å². The van der Waals surface area contributed by atoms with Gasteiger partial charge in [0.2, 0.25) is 0 Å². The minimum absolute atomic E-state index is 0.384. The van der Waals surface area contributed by atoms with Crippen molar-refractivity contribution in [2.24, 2.45) is 0 Å². The molecule has 0 fully saturated rings. The maximum Gasteiger partial charge on any atom is 0.0243 e. The van der Waals surface area contributed by atoms with Gasteiger partial charge in [-0.3, -0.25) is 0 Å². The number of rotatable bonds is 5. The first-order chi connectivity index (χ1) is 7.26. The Hall–Kier alpha value is -0.780. The summed E-state index contributed by atoms with van der Waals surface area (Å²) in [7, 11) is 0. The molecular formula is C13H16BrN. The van der Waals surface area contributed by atoms with Gasteiger partial charge in [0.05, 0.1) is 0 Å². The summed E-state index contributed by atoms with van der Waals surface area (Å²) in [5, 5.41) is 3.39. The highest BCUT2D eigenvalue weighted by atomic mass is 79.9. The molecule has 2 heteroatoms. The third kappa shape index (κ3) is 4.51. The normalized spacial score (nSPS) is 12.1. The maximum atomic E-state index is 5.34. The standard InChI is InChI=1S/C13H16BrN/c1-3-6-13(15-4-2)10-11-7-5-8-12(14)9-11/h1,5,7-9,13,15H,4,6,10H2,2H3. The molecule has 0 radical (unpaired) electrons. The Morgan fingerprint density at radius 2 is 2.33 bits per heavy atom. The summed E-state index contributed by atoms with van der Waals surface area (Å²) in [4.78, 5) is 0. The fourth-order valence-corrected chi connectivity index (χ4v) is 2.04. The molecule has 1 aromatic rings. The van der Waals surface area contributed by atoms with E-state index in [9.17, 15) is 0 Å². The highest BCUT2D eigenvalue weighted by Crippen LogP contribution is 2.13. The fraction of sp³-hybridized carbons (Fsp3) is 0.385. The lowest BCUT2D eigenvalue weighted by Crippen LogP contribution is -2.30. The highest BCUT2D eigenvalue weighted by Gasteiger charge is 2.06. The molecule has 1 aromatic carbocycles. The van der Waals surface area contributed by atoms with E-state index in [4.69, 9.17) is 6.42 Å². The topological polar surface area (TPSA) is 12.0 Å². The first-order valence-corrected chi connectivity index (χ1v) is 5.96. The second-order valence-corrected chi connectivity index (χ2v) is 4.41. The molecule has 0 bridgehead atoms. The molecule has 0 aliphatic carbocycles. The van der Waals surface area contributed by atoms with E-state index in [-0.39, 0.29) is 0 Å². The van der Waals surface area contributed by atoms with Gasteiger partial charge in [0.15, 0.2) is 0 Å². The largest absolute Gasteiger partial charge is 0.313 e. The Bertz CT molecular complexity index is 341. The van der Waals surface area contributed by atoms with Gasteiger partial charge in [0.1, 0.15) is 0 Å². The smallest absolute Gasteiger partial charge is 0.0243 e. The Morgan fingerprint density at radius 1 is 1.53 bits per heavy atom. The lowest BCUT2D eigenvalue weighted by Gasteiger charge is -2.15. The number of hydrogen-bond donors (Lipinski definition) is 1. The predicted molar refractivity (Wildman–Crippen MR) is 68.8 cm³/mol. The third-order valence-electron chi connectivity index (χ3n) is 2.23. The minimum Gasteiger partial charge on any atom is -0.313 e. The van der Waals surface area contributed by atoms with Gasteiger partial charge in [-0.2, -0.15) is 0 Å². The van der Waals surface area contributed by atoms with E-state index in [0.29, 0.717) is 6.04 Å². The van der Waals surface area contributed by atoms with E-state index in [1.165, 1.54) is 5.56 Å². The average Bonchev–Trinajstić information content (AvgIpc) is 2.18. The first-order valence-electron chi connectivity index (χ1n) is 5.17. The Labute approximate surface area is 100 Å². The predicted octanol–water partition coefficient (Wildman–Crippen LogP) is 2.99. The zero-order valence-electron chi connectivity index (χ0n) is 8.96. The molecule has 0 saturated carbocycles. The second-order valence-electron chi connectivity index (χ2n) is 3.50. The molecule has 0 aliphatic heterocycles. The van der Waals surface area contributed by atoms with Crippen molar-refractivity contribution in [3.63, 3.8) is 0 Å². The van der Waals surface area contributed by atoms with Crippen LogP contribution in [0.1, 0.15) is 18.9 Å². The van der Waals surface area contributed by atoms with Crippen LogP contribution >= 0.6 is 15.9 Å². The summed E-state index contributed by atoms with van der Waals surface area (Å²) < 4.78 is 1.12. The first kappa shape index (κ1) is 12.3. The van der Waals surface area contributed by atoms with Crippen molar-refractivity contribution in [1.29, 1.82) is 0 Å². The zero-order valence-corrected chi connectivity index (χ0v) is 10.5. The lowest BCUT2D eigenvalue weighted by molar-refractivity contribution is 0.535. The lowest BCUT2D eigenvalue weighted by atomic mass is 10.0. The van der Waals surface area contributed by atoms with Crippen LogP contribution < -0.4 is 5.32 Å². The van der Waals surface area contributed by atoms with Gasteiger partial charge in [-0.15, -0.1) is 12.3 Å². The molecule has 80 valence electrons. The quantitative estimate of drug-likeness (QED) is 0.808. The van der Waals surface area contributed by atoms with E-state index < -0.39 is 0 Å². The van der Waals surface area contributed by atoms with Gasteiger partial charge in [0, 0.05) is 16.9 Å². The van der Waals surface area contributed by atoms with Crippen molar-refractivity contribution in [2.75, 3.05) is 6.54 Å². The van der Waals surface area contributed by atoms with E-state index in [0.717, 1.165) is 23.9 Å². The number of terminal acetylenes is 1. The number of hydrogen-bond acceptors (Lipinski definition) is 1. The van der Waals surface area contributed by atoms with Crippen molar-refractivity contribution >= 4 is 15.9 Å². The van der Waals surface area contributed by atoms with Gasteiger partial charge < -0.3 is 5.32 Å². The molecule has 1 nitrogen and oxygen atoms in total. The number of likely N-dealkylation sites (N-methyl/N-ethyl adjacent to an activating group) is 1. The molecule has 0 aliphatic rings. The summed E-state index contributed by atoms with van der Waals surface area (Å²) in [6.45, 7) is 3.06. The molecule has 1 rings (SSSR count). The number of halogens is 1. The van der Waals surface area contributed by atoms with Crippen molar-refractivity contribution in [3.8, 4) is 12.3 Å². The summed E-state index contributed by atoms with van der Waals surface area (Å²) >= 11 is 3.47. The zero-order chi connectivity index (χ0) is 11.1. The van der Waals surface area contributed by atoms with Gasteiger partial charge in [-0.1, -0.05) is 35.0 Å². The van der Waals surface area contributed by atoms with Crippen LogP contribution in [0.15, 0.2) is 28.7 Å². The molecule has 1 N–H and O–H groups in total. The average molecular weight is 266 g/mol. The van der Waals surface area contributed by atoms with Crippen LogP contribution in [0.5, 0.6) is 0 Å². The molecule has 0 aromatic heterocycles. The summed E-state index contributed by atoms with van der Waals surface area (Å²) in [6.07, 6.45) is 7.11. The Morgan fingerprint density at radius 3 is 2.93 bits per heavy atom. The molecule has 0 heterocycles. The van der Waals surface area contributed by atoms with E-state index in [1.54, 1.807) is 0 Å². The SMILES string of the molecule is C#CCC(Cc1cccc(Br)c1)NCC. The Kier molecular flexibility index (Phi) is 5.45. The molecule has 0 spiro atoms. The molecule has 0 saturated heterocycles. The summed E-state index contributed by atoms with van der Waals surface area (Å²) in [5.41, 5.74) is 1.31. The van der Waals surface area contributed by atoms with Gasteiger partial charge in [-0.05, 0) is 30.7 Å². The molecule has 15 heavy (non-hydrogen) atoms. The van der Waals surface area contributed by atoms with Gasteiger partial charge in [-0.25, -0.2) is 0 Å². The van der Waals surface area contributed by atoms with E-state index >= 15 is 0 Å². The van der Waals surface area contributed by atoms with Crippen molar-refractivity contribution in [1.82, 2.24) is 5.32 Å². The molecule has 1 atom stereocenters. The minimum atomic E-state index is 0.384. The highest BCUT2D eigenvalue weighted by molar-refractivity contribution is 9.10. The molecule has 0 amide bonds. The fourth-order valence-electron chi connectivity index (χ4n) is 1.60. The van der Waals surface area contributed by atoms with Gasteiger partial charge in [0.25, 0.3) is 0 Å². The van der Waals surface area contributed by atoms with Crippen LogP contribution in [0.4, 0.5) is 0 Å². The molecular weight excluding hydrogens is 250 g/mol. The van der Waals surface area contributed by atoms with Crippen molar-refractivity contribution < 1.29 is 0 Å². The third-order valence-corrected chi connectivity index (χ3v) is 2.72. The molecule has 1 unspecified atom stereocenters. The van der Waals surface area contributed by atoms with Gasteiger partial charge >= 0.3 is 0 Å².